The fraction of sp³-hybridized carbons (Fsp3) is 0.0714. The van der Waals surface area contributed by atoms with Gasteiger partial charge in [-0.3, -0.25) is 14.9 Å². The van der Waals surface area contributed by atoms with Crippen LogP contribution in [0.25, 0.3) is 0 Å². The van der Waals surface area contributed by atoms with Gasteiger partial charge in [0.05, 0.1) is 21.1 Å². The highest BCUT2D eigenvalue weighted by Crippen LogP contribution is 2.30. The van der Waals surface area contributed by atoms with Crippen LogP contribution in [-0.4, -0.2) is 11.2 Å². The summed E-state index contributed by atoms with van der Waals surface area (Å²) in [6.07, 6.45) is 0.605. The maximum absolute atomic E-state index is 11.0. The summed E-state index contributed by atoms with van der Waals surface area (Å²) in [5, 5.41) is 11.6. The lowest BCUT2D eigenvalue weighted by Crippen LogP contribution is -2.02. The smallest absolute Gasteiger partial charge is 0.276 e. The molecule has 5 nitrogen and oxygen atoms in total. The zero-order valence-corrected chi connectivity index (χ0v) is 12.1. The molecule has 2 rings (SSSR count). The monoisotopic (exact) mass is 325 g/mol. The van der Waals surface area contributed by atoms with Gasteiger partial charge in [0.1, 0.15) is 12.4 Å². The third kappa shape index (κ3) is 3.51. The third-order valence-electron chi connectivity index (χ3n) is 2.73. The lowest BCUT2D eigenvalue weighted by Gasteiger charge is -2.10. The highest BCUT2D eigenvalue weighted by atomic mass is 35.5. The van der Waals surface area contributed by atoms with Crippen LogP contribution in [0.15, 0.2) is 36.4 Å². The number of ether oxygens (including phenoxy) is 1. The Morgan fingerprint density at radius 2 is 2.00 bits per heavy atom. The van der Waals surface area contributed by atoms with E-state index in [0.29, 0.717) is 16.9 Å². The van der Waals surface area contributed by atoms with Gasteiger partial charge in [-0.25, -0.2) is 0 Å². The molecule has 0 aliphatic heterocycles. The Bertz CT molecular complexity index is 703. The molecule has 0 bridgehead atoms. The quantitative estimate of drug-likeness (QED) is 0.467. The Morgan fingerprint density at radius 3 is 2.67 bits per heavy atom. The average Bonchev–Trinajstić information content (AvgIpc) is 2.45. The summed E-state index contributed by atoms with van der Waals surface area (Å²) in [5.74, 6) is 0.184. The van der Waals surface area contributed by atoms with Gasteiger partial charge in [0.25, 0.3) is 5.69 Å². The summed E-state index contributed by atoms with van der Waals surface area (Å²) in [4.78, 5) is 21.4. The van der Waals surface area contributed by atoms with Crippen LogP contribution in [0.3, 0.4) is 0 Å². The Hall–Kier alpha value is -2.11. The summed E-state index contributed by atoms with van der Waals surface area (Å²) in [6, 6.07) is 8.89. The van der Waals surface area contributed by atoms with E-state index in [9.17, 15) is 14.9 Å². The second kappa shape index (κ2) is 6.56. The highest BCUT2D eigenvalue weighted by molar-refractivity contribution is 6.32. The molecule has 0 amide bonds. The van der Waals surface area contributed by atoms with Crippen molar-refractivity contribution >= 4 is 35.2 Å². The number of para-hydroxylation sites is 1. The first kappa shape index (κ1) is 15.3. The van der Waals surface area contributed by atoms with E-state index in [-0.39, 0.29) is 28.6 Å². The van der Waals surface area contributed by atoms with E-state index >= 15 is 0 Å². The number of aldehydes is 1. The molecular formula is C14H9Cl2NO4. The minimum atomic E-state index is -0.526. The molecule has 108 valence electrons. The van der Waals surface area contributed by atoms with Crippen LogP contribution < -0.4 is 4.74 Å². The van der Waals surface area contributed by atoms with Gasteiger partial charge in [0, 0.05) is 11.1 Å². The van der Waals surface area contributed by atoms with Gasteiger partial charge < -0.3 is 4.74 Å². The summed E-state index contributed by atoms with van der Waals surface area (Å²) >= 11 is 11.8. The largest absolute Gasteiger partial charge is 0.486 e. The van der Waals surface area contributed by atoms with Crippen LogP contribution in [-0.2, 0) is 6.61 Å². The van der Waals surface area contributed by atoms with Crippen LogP contribution in [0.5, 0.6) is 5.75 Å². The van der Waals surface area contributed by atoms with Gasteiger partial charge in [-0.05, 0) is 24.3 Å². The fourth-order valence-corrected chi connectivity index (χ4v) is 2.20. The predicted molar refractivity (Wildman–Crippen MR) is 79.3 cm³/mol. The molecule has 0 saturated heterocycles. The van der Waals surface area contributed by atoms with Crippen LogP contribution in [0.2, 0.25) is 10.0 Å². The van der Waals surface area contributed by atoms with E-state index in [1.54, 1.807) is 18.2 Å². The van der Waals surface area contributed by atoms with Crippen molar-refractivity contribution in [3.63, 3.8) is 0 Å². The molecule has 0 radical (unpaired) electrons. The Morgan fingerprint density at radius 1 is 1.24 bits per heavy atom. The lowest BCUT2D eigenvalue weighted by atomic mass is 10.2. The van der Waals surface area contributed by atoms with E-state index in [1.165, 1.54) is 18.2 Å². The molecule has 0 aliphatic rings. The van der Waals surface area contributed by atoms with Crippen molar-refractivity contribution in [2.45, 2.75) is 6.61 Å². The molecule has 0 N–H and O–H groups in total. The molecule has 2 aromatic rings. The van der Waals surface area contributed by atoms with E-state index in [0.717, 1.165) is 0 Å². The van der Waals surface area contributed by atoms with Crippen molar-refractivity contribution in [1.29, 1.82) is 0 Å². The maximum Gasteiger partial charge on any atom is 0.276 e. The summed E-state index contributed by atoms with van der Waals surface area (Å²) in [5.41, 5.74) is 0.454. The number of benzene rings is 2. The topological polar surface area (TPSA) is 69.4 Å². The molecule has 21 heavy (non-hydrogen) atoms. The predicted octanol–water partition coefficient (Wildman–Crippen LogP) is 4.29. The van der Waals surface area contributed by atoms with Crippen LogP contribution in [0, 0.1) is 10.1 Å². The normalized spacial score (nSPS) is 10.2. The number of halogens is 2. The van der Waals surface area contributed by atoms with Crippen molar-refractivity contribution in [2.24, 2.45) is 0 Å². The minimum absolute atomic E-state index is 0.112. The molecule has 0 aliphatic carbocycles. The number of nitro groups is 1. The van der Waals surface area contributed by atoms with E-state index < -0.39 is 4.92 Å². The zero-order valence-electron chi connectivity index (χ0n) is 10.6. The molecule has 0 atom stereocenters. The number of carbonyl (C=O) groups is 1. The second-order valence-electron chi connectivity index (χ2n) is 4.09. The van der Waals surface area contributed by atoms with Crippen LogP contribution >= 0.6 is 23.2 Å². The van der Waals surface area contributed by atoms with E-state index in [2.05, 4.69) is 0 Å². The molecule has 0 fully saturated rings. The highest BCUT2D eigenvalue weighted by Gasteiger charge is 2.16. The van der Waals surface area contributed by atoms with E-state index in [1.807, 2.05) is 0 Å². The molecule has 0 aromatic heterocycles. The number of nitro benzene ring substituents is 1. The first-order valence-electron chi connectivity index (χ1n) is 5.82. The third-order valence-corrected chi connectivity index (χ3v) is 3.27. The van der Waals surface area contributed by atoms with Crippen molar-refractivity contribution in [3.8, 4) is 5.75 Å². The maximum atomic E-state index is 11.0. The number of hydrogen-bond donors (Lipinski definition) is 0. The number of hydrogen-bond acceptors (Lipinski definition) is 4. The van der Waals surface area contributed by atoms with Crippen molar-refractivity contribution < 1.29 is 14.5 Å². The van der Waals surface area contributed by atoms with Gasteiger partial charge in [-0.15, -0.1) is 0 Å². The fourth-order valence-electron chi connectivity index (χ4n) is 1.77. The first-order chi connectivity index (χ1) is 10.0. The van der Waals surface area contributed by atoms with E-state index in [4.69, 9.17) is 27.9 Å². The first-order valence-corrected chi connectivity index (χ1v) is 6.58. The standard InChI is InChI=1S/C14H9Cl2NO4/c15-11-4-5-13(17(19)20)10(6-11)8-21-14-9(7-18)2-1-3-12(14)16/h1-7H,8H2. The van der Waals surface area contributed by atoms with Crippen LogP contribution in [0.1, 0.15) is 15.9 Å². The van der Waals surface area contributed by atoms with Crippen molar-refractivity contribution in [3.05, 3.63) is 67.7 Å². The molecule has 0 saturated carbocycles. The molecule has 2 aromatic carbocycles. The number of rotatable bonds is 5. The molecule has 7 heteroatoms. The SMILES string of the molecule is O=Cc1cccc(Cl)c1OCc1cc(Cl)ccc1[N+](=O)[O-]. The lowest BCUT2D eigenvalue weighted by molar-refractivity contribution is -0.385. The van der Waals surface area contributed by atoms with Crippen molar-refractivity contribution in [2.75, 3.05) is 0 Å². The molecular weight excluding hydrogens is 317 g/mol. The number of nitrogens with zero attached hydrogens (tertiary/aromatic N) is 1. The summed E-state index contributed by atoms with van der Waals surface area (Å²) in [6.45, 7) is -0.124. The Labute approximate surface area is 130 Å². The minimum Gasteiger partial charge on any atom is -0.486 e. The van der Waals surface area contributed by atoms with Gasteiger partial charge in [-0.1, -0.05) is 29.3 Å². The molecule has 0 heterocycles. The van der Waals surface area contributed by atoms with Gasteiger partial charge in [-0.2, -0.15) is 0 Å². The second-order valence-corrected chi connectivity index (χ2v) is 4.94. The van der Waals surface area contributed by atoms with Gasteiger partial charge in [0.2, 0.25) is 0 Å². The summed E-state index contributed by atoms with van der Waals surface area (Å²) < 4.78 is 5.46. The molecule has 0 unspecified atom stereocenters. The van der Waals surface area contributed by atoms with Crippen LogP contribution in [0.4, 0.5) is 5.69 Å². The zero-order chi connectivity index (χ0) is 15.4. The summed E-state index contributed by atoms with van der Waals surface area (Å²) in [7, 11) is 0. The van der Waals surface area contributed by atoms with Crippen molar-refractivity contribution in [1.82, 2.24) is 0 Å². The van der Waals surface area contributed by atoms with Gasteiger partial charge in [0.15, 0.2) is 6.29 Å². The Balaban J connectivity index is 2.31. The molecule has 0 spiro atoms. The average molecular weight is 326 g/mol. The Kier molecular flexibility index (Phi) is 4.77. The number of carbonyl (C=O) groups excluding carboxylic acids is 1. The van der Waals surface area contributed by atoms with Gasteiger partial charge >= 0.3 is 0 Å².